The van der Waals surface area contributed by atoms with Crippen molar-refractivity contribution in [3.8, 4) is 11.5 Å². The molecule has 6 heteroatoms. The highest BCUT2D eigenvalue weighted by Gasteiger charge is 2.08. The molecule has 0 aromatic heterocycles. The Kier molecular flexibility index (Phi) is 5.64. The molecular formula is C12H15BrN2O3. The Balaban J connectivity index is 2.99. The van der Waals surface area contributed by atoms with Gasteiger partial charge in [0.15, 0.2) is 11.5 Å². The first kappa shape index (κ1) is 14.5. The Morgan fingerprint density at radius 2 is 2.22 bits per heavy atom. The van der Waals surface area contributed by atoms with Crippen LogP contribution in [0.4, 0.5) is 0 Å². The van der Waals surface area contributed by atoms with Crippen molar-refractivity contribution in [3.63, 3.8) is 0 Å². The van der Waals surface area contributed by atoms with Crippen molar-refractivity contribution in [3.05, 3.63) is 22.2 Å². The van der Waals surface area contributed by atoms with Crippen LogP contribution < -0.4 is 14.9 Å². The third-order valence-corrected chi connectivity index (χ3v) is 2.70. The summed E-state index contributed by atoms with van der Waals surface area (Å²) in [4.78, 5) is 10.7. The zero-order valence-corrected chi connectivity index (χ0v) is 12.1. The zero-order chi connectivity index (χ0) is 13.5. The number of halogens is 1. The number of ether oxygens (including phenoxy) is 2. The summed E-state index contributed by atoms with van der Waals surface area (Å²) < 4.78 is 11.5. The Bertz CT molecular complexity index is 461. The first-order valence-corrected chi connectivity index (χ1v) is 6.17. The summed E-state index contributed by atoms with van der Waals surface area (Å²) in [6.07, 6.45) is 1.53. The first-order chi connectivity index (χ1) is 8.58. The van der Waals surface area contributed by atoms with Crippen molar-refractivity contribution < 1.29 is 14.3 Å². The van der Waals surface area contributed by atoms with Gasteiger partial charge in [0.1, 0.15) is 0 Å². The van der Waals surface area contributed by atoms with Crippen molar-refractivity contribution >= 4 is 28.1 Å². The van der Waals surface area contributed by atoms with Crippen LogP contribution >= 0.6 is 15.9 Å². The van der Waals surface area contributed by atoms with Gasteiger partial charge in [-0.15, -0.1) is 0 Å². The molecule has 0 fully saturated rings. The lowest BCUT2D eigenvalue weighted by atomic mass is 10.2. The van der Waals surface area contributed by atoms with Gasteiger partial charge in [0.25, 0.3) is 0 Å². The Morgan fingerprint density at radius 1 is 1.50 bits per heavy atom. The molecule has 0 radical (unpaired) electrons. The van der Waals surface area contributed by atoms with Crippen molar-refractivity contribution in [2.24, 2.45) is 5.10 Å². The highest BCUT2D eigenvalue weighted by atomic mass is 79.9. The summed E-state index contributed by atoms with van der Waals surface area (Å²) in [5, 5.41) is 3.80. The molecule has 0 aliphatic rings. The van der Waals surface area contributed by atoms with Crippen LogP contribution in [-0.4, -0.2) is 25.8 Å². The number of methoxy groups -OCH3 is 1. The number of nitrogens with one attached hydrogen (secondary N) is 1. The molecule has 1 amide bonds. The SMILES string of the molecule is CCOc1cc(Br)c(C=NNC(C)=O)cc1OC. The van der Waals surface area contributed by atoms with Crippen molar-refractivity contribution in [1.29, 1.82) is 0 Å². The Hall–Kier alpha value is -1.56. The van der Waals surface area contributed by atoms with Gasteiger partial charge in [-0.25, -0.2) is 5.43 Å². The minimum Gasteiger partial charge on any atom is -0.493 e. The molecule has 18 heavy (non-hydrogen) atoms. The van der Waals surface area contributed by atoms with Crippen LogP contribution in [0.3, 0.4) is 0 Å². The van der Waals surface area contributed by atoms with Crippen LogP contribution in [0.15, 0.2) is 21.7 Å². The quantitative estimate of drug-likeness (QED) is 0.670. The molecule has 1 rings (SSSR count). The second-order valence-electron chi connectivity index (χ2n) is 3.38. The molecular weight excluding hydrogens is 300 g/mol. The molecule has 1 aromatic carbocycles. The van der Waals surface area contributed by atoms with Gasteiger partial charge in [-0.1, -0.05) is 0 Å². The van der Waals surface area contributed by atoms with Crippen molar-refractivity contribution in [1.82, 2.24) is 5.43 Å². The van der Waals surface area contributed by atoms with Crippen LogP contribution in [0.1, 0.15) is 19.4 Å². The number of hydrogen-bond acceptors (Lipinski definition) is 4. The van der Waals surface area contributed by atoms with Gasteiger partial charge in [-0.3, -0.25) is 4.79 Å². The molecule has 0 aliphatic carbocycles. The first-order valence-electron chi connectivity index (χ1n) is 5.38. The van der Waals surface area contributed by atoms with Gasteiger partial charge >= 0.3 is 0 Å². The highest BCUT2D eigenvalue weighted by Crippen LogP contribution is 2.32. The Morgan fingerprint density at radius 3 is 2.78 bits per heavy atom. The smallest absolute Gasteiger partial charge is 0.236 e. The van der Waals surface area contributed by atoms with E-state index in [0.29, 0.717) is 18.1 Å². The fourth-order valence-electron chi connectivity index (χ4n) is 1.27. The Labute approximate surface area is 114 Å². The summed E-state index contributed by atoms with van der Waals surface area (Å²) in [5.41, 5.74) is 3.12. The molecule has 0 unspecified atom stereocenters. The summed E-state index contributed by atoms with van der Waals surface area (Å²) in [7, 11) is 1.57. The van der Waals surface area contributed by atoms with Gasteiger partial charge in [0, 0.05) is 17.0 Å². The van der Waals surface area contributed by atoms with Gasteiger partial charge in [-0.05, 0) is 35.0 Å². The normalized spacial score (nSPS) is 10.4. The maximum atomic E-state index is 10.7. The standard InChI is InChI=1S/C12H15BrN2O3/c1-4-18-12-6-10(13)9(5-11(12)17-3)7-14-15-8(2)16/h5-7H,4H2,1-3H3,(H,15,16). The maximum Gasteiger partial charge on any atom is 0.236 e. The number of nitrogens with zero attached hydrogens (tertiary/aromatic N) is 1. The number of carbonyl (C=O) groups excluding carboxylic acids is 1. The van der Waals surface area contributed by atoms with E-state index in [4.69, 9.17) is 9.47 Å². The van der Waals surface area contributed by atoms with Crippen LogP contribution in [0.2, 0.25) is 0 Å². The van der Waals surface area contributed by atoms with Gasteiger partial charge in [-0.2, -0.15) is 5.10 Å². The molecule has 1 aromatic rings. The maximum absolute atomic E-state index is 10.7. The topological polar surface area (TPSA) is 59.9 Å². The minimum atomic E-state index is -0.222. The minimum absolute atomic E-state index is 0.222. The fraction of sp³-hybridized carbons (Fsp3) is 0.333. The summed E-state index contributed by atoms with van der Waals surface area (Å²) in [5.74, 6) is 1.05. The van der Waals surface area contributed by atoms with E-state index in [1.807, 2.05) is 6.92 Å². The third kappa shape index (κ3) is 4.03. The molecule has 0 spiro atoms. The monoisotopic (exact) mass is 314 g/mol. The summed E-state index contributed by atoms with van der Waals surface area (Å²) in [6.45, 7) is 3.85. The largest absolute Gasteiger partial charge is 0.493 e. The number of benzene rings is 1. The van der Waals surface area contributed by atoms with E-state index in [0.717, 1.165) is 10.0 Å². The third-order valence-electron chi connectivity index (χ3n) is 2.01. The lowest BCUT2D eigenvalue weighted by Crippen LogP contribution is -2.12. The summed E-state index contributed by atoms with van der Waals surface area (Å²) >= 11 is 3.41. The predicted molar refractivity (Wildman–Crippen MR) is 73.3 cm³/mol. The molecule has 0 heterocycles. The molecule has 5 nitrogen and oxygen atoms in total. The number of carbonyl (C=O) groups is 1. The van der Waals surface area contributed by atoms with E-state index in [9.17, 15) is 4.79 Å². The van der Waals surface area contributed by atoms with E-state index >= 15 is 0 Å². The molecule has 0 saturated carbocycles. The number of amides is 1. The average Bonchev–Trinajstić information content (AvgIpc) is 2.32. The van der Waals surface area contributed by atoms with Gasteiger partial charge < -0.3 is 9.47 Å². The molecule has 0 aliphatic heterocycles. The second kappa shape index (κ2) is 7.00. The highest BCUT2D eigenvalue weighted by molar-refractivity contribution is 9.10. The van der Waals surface area contributed by atoms with E-state index in [2.05, 4.69) is 26.5 Å². The fourth-order valence-corrected chi connectivity index (χ4v) is 1.70. The number of rotatable bonds is 5. The molecule has 1 N–H and O–H groups in total. The van der Waals surface area contributed by atoms with Crippen LogP contribution in [-0.2, 0) is 4.79 Å². The lowest BCUT2D eigenvalue weighted by Gasteiger charge is -2.11. The molecule has 98 valence electrons. The van der Waals surface area contributed by atoms with E-state index in [1.54, 1.807) is 19.2 Å². The summed E-state index contributed by atoms with van der Waals surface area (Å²) in [6, 6.07) is 3.58. The molecule has 0 saturated heterocycles. The van der Waals surface area contributed by atoms with Crippen molar-refractivity contribution in [2.45, 2.75) is 13.8 Å². The van der Waals surface area contributed by atoms with Gasteiger partial charge in [0.05, 0.1) is 19.9 Å². The van der Waals surface area contributed by atoms with E-state index in [-0.39, 0.29) is 5.91 Å². The lowest BCUT2D eigenvalue weighted by molar-refractivity contribution is -0.118. The second-order valence-corrected chi connectivity index (χ2v) is 4.24. The number of hydrazone groups is 1. The van der Waals surface area contributed by atoms with E-state index < -0.39 is 0 Å². The molecule has 0 atom stereocenters. The average molecular weight is 315 g/mol. The molecule has 0 bridgehead atoms. The van der Waals surface area contributed by atoms with Crippen molar-refractivity contribution in [2.75, 3.05) is 13.7 Å². The van der Waals surface area contributed by atoms with Gasteiger partial charge in [0.2, 0.25) is 5.91 Å². The zero-order valence-electron chi connectivity index (χ0n) is 10.5. The van der Waals surface area contributed by atoms with E-state index in [1.165, 1.54) is 13.1 Å². The predicted octanol–water partition coefficient (Wildman–Crippen LogP) is 2.33. The van der Waals surface area contributed by atoms with Crippen LogP contribution in [0, 0.1) is 0 Å². The van der Waals surface area contributed by atoms with Crippen LogP contribution in [0.5, 0.6) is 11.5 Å². The van der Waals surface area contributed by atoms with Crippen LogP contribution in [0.25, 0.3) is 0 Å². The number of hydrogen-bond donors (Lipinski definition) is 1.